The minimum atomic E-state index is 0.780. The number of fused-ring (bicyclic) bond motifs is 1. The fourth-order valence-electron chi connectivity index (χ4n) is 1.97. The molecule has 1 heteroatoms. The summed E-state index contributed by atoms with van der Waals surface area (Å²) >= 11 is 0. The van der Waals surface area contributed by atoms with Gasteiger partial charge in [-0.1, -0.05) is 25.1 Å². The summed E-state index contributed by atoms with van der Waals surface area (Å²) < 4.78 is 0. The number of benzene rings is 1. The van der Waals surface area contributed by atoms with Gasteiger partial charge >= 0.3 is 0 Å². The van der Waals surface area contributed by atoms with Crippen molar-refractivity contribution in [2.45, 2.75) is 25.7 Å². The average Bonchev–Trinajstić information content (AvgIpc) is 2.17. The second kappa shape index (κ2) is 3.18. The van der Waals surface area contributed by atoms with Crippen LogP contribution in [0.4, 0.5) is 5.69 Å². The Bertz CT molecular complexity index is 267. The third-order valence-corrected chi connectivity index (χ3v) is 2.70. The molecule has 64 valence electrons. The Morgan fingerprint density at radius 2 is 2.25 bits per heavy atom. The van der Waals surface area contributed by atoms with E-state index in [2.05, 4.69) is 36.5 Å². The first-order valence-electron chi connectivity index (χ1n) is 4.74. The van der Waals surface area contributed by atoms with Gasteiger partial charge in [0.1, 0.15) is 0 Å². The Balaban J connectivity index is 2.37. The molecule has 1 aromatic carbocycles. The van der Waals surface area contributed by atoms with Gasteiger partial charge in [0.15, 0.2) is 0 Å². The fourth-order valence-corrected chi connectivity index (χ4v) is 1.97. The Kier molecular flexibility index (Phi) is 2.03. The third kappa shape index (κ3) is 1.20. The van der Waals surface area contributed by atoms with Crippen LogP contribution in [0.5, 0.6) is 0 Å². The molecule has 1 nitrogen and oxygen atoms in total. The van der Waals surface area contributed by atoms with Gasteiger partial charge in [0.05, 0.1) is 0 Å². The SMILES string of the molecule is CC[C@@H]1CCNc2ccccc21. The third-order valence-electron chi connectivity index (χ3n) is 2.70. The molecule has 0 radical (unpaired) electrons. The lowest BCUT2D eigenvalue weighted by molar-refractivity contribution is 0.608. The molecule has 1 N–H and O–H groups in total. The van der Waals surface area contributed by atoms with Crippen molar-refractivity contribution in [3.63, 3.8) is 0 Å². The first-order chi connectivity index (χ1) is 5.92. The van der Waals surface area contributed by atoms with Crippen LogP contribution in [0.25, 0.3) is 0 Å². The van der Waals surface area contributed by atoms with Crippen molar-refractivity contribution >= 4 is 5.69 Å². The van der Waals surface area contributed by atoms with Crippen LogP contribution < -0.4 is 5.32 Å². The summed E-state index contributed by atoms with van der Waals surface area (Å²) in [6, 6.07) is 8.66. The number of para-hydroxylation sites is 1. The molecule has 0 bridgehead atoms. The zero-order valence-electron chi connectivity index (χ0n) is 7.51. The van der Waals surface area contributed by atoms with Crippen molar-refractivity contribution in [2.75, 3.05) is 11.9 Å². The molecule has 0 saturated carbocycles. The summed E-state index contributed by atoms with van der Waals surface area (Å²) in [5.41, 5.74) is 2.85. The van der Waals surface area contributed by atoms with E-state index in [0.717, 1.165) is 12.5 Å². The van der Waals surface area contributed by atoms with Gasteiger partial charge in [-0.05, 0) is 30.4 Å². The molecule has 12 heavy (non-hydrogen) atoms. The van der Waals surface area contributed by atoms with E-state index in [4.69, 9.17) is 0 Å². The highest BCUT2D eigenvalue weighted by molar-refractivity contribution is 5.54. The second-order valence-corrected chi connectivity index (χ2v) is 3.41. The van der Waals surface area contributed by atoms with E-state index in [9.17, 15) is 0 Å². The van der Waals surface area contributed by atoms with Gasteiger partial charge in [0.25, 0.3) is 0 Å². The van der Waals surface area contributed by atoms with Crippen LogP contribution in [-0.2, 0) is 0 Å². The molecule has 0 unspecified atom stereocenters. The van der Waals surface area contributed by atoms with Crippen LogP contribution in [0.3, 0.4) is 0 Å². The van der Waals surface area contributed by atoms with Crippen molar-refractivity contribution in [3.05, 3.63) is 29.8 Å². The van der Waals surface area contributed by atoms with Crippen LogP contribution in [0.1, 0.15) is 31.2 Å². The topological polar surface area (TPSA) is 12.0 Å². The van der Waals surface area contributed by atoms with Crippen LogP contribution in [-0.4, -0.2) is 6.54 Å². The molecule has 1 aliphatic rings. The molecular weight excluding hydrogens is 146 g/mol. The number of anilines is 1. The van der Waals surface area contributed by atoms with Gasteiger partial charge < -0.3 is 5.32 Å². The summed E-state index contributed by atoms with van der Waals surface area (Å²) in [6.45, 7) is 3.41. The summed E-state index contributed by atoms with van der Waals surface area (Å²) in [7, 11) is 0. The molecule has 0 aromatic heterocycles. The van der Waals surface area contributed by atoms with E-state index in [0.29, 0.717) is 0 Å². The van der Waals surface area contributed by atoms with Gasteiger partial charge in [-0.25, -0.2) is 0 Å². The predicted octanol–water partition coefficient (Wildman–Crippen LogP) is 3.00. The molecule has 0 saturated heterocycles. The normalized spacial score (nSPS) is 21.2. The van der Waals surface area contributed by atoms with Crippen LogP contribution in [0.15, 0.2) is 24.3 Å². The number of nitrogens with one attached hydrogen (secondary N) is 1. The monoisotopic (exact) mass is 161 g/mol. The van der Waals surface area contributed by atoms with Gasteiger partial charge in [-0.15, -0.1) is 0 Å². The maximum Gasteiger partial charge on any atom is 0.0375 e. The quantitative estimate of drug-likeness (QED) is 0.667. The van der Waals surface area contributed by atoms with Gasteiger partial charge in [0, 0.05) is 12.2 Å². The van der Waals surface area contributed by atoms with Crippen molar-refractivity contribution in [2.24, 2.45) is 0 Å². The van der Waals surface area contributed by atoms with Crippen LogP contribution in [0.2, 0.25) is 0 Å². The first-order valence-corrected chi connectivity index (χ1v) is 4.74. The Morgan fingerprint density at radius 3 is 3.08 bits per heavy atom. The minimum absolute atomic E-state index is 0.780. The zero-order chi connectivity index (χ0) is 8.39. The molecule has 1 heterocycles. The van der Waals surface area contributed by atoms with E-state index in [-0.39, 0.29) is 0 Å². The van der Waals surface area contributed by atoms with Gasteiger partial charge in [-0.3, -0.25) is 0 Å². The van der Waals surface area contributed by atoms with E-state index >= 15 is 0 Å². The van der Waals surface area contributed by atoms with Gasteiger partial charge in [-0.2, -0.15) is 0 Å². The molecule has 1 atom stereocenters. The first kappa shape index (κ1) is 7.66. The molecule has 1 aromatic rings. The smallest absolute Gasteiger partial charge is 0.0375 e. The highest BCUT2D eigenvalue weighted by atomic mass is 14.9. The summed E-state index contributed by atoms with van der Waals surface area (Å²) in [6.07, 6.45) is 2.55. The Morgan fingerprint density at radius 1 is 1.42 bits per heavy atom. The van der Waals surface area contributed by atoms with Crippen LogP contribution in [0, 0.1) is 0 Å². The highest BCUT2D eigenvalue weighted by Gasteiger charge is 2.16. The Hall–Kier alpha value is -0.980. The lowest BCUT2D eigenvalue weighted by atomic mass is 9.89. The van der Waals surface area contributed by atoms with Crippen molar-refractivity contribution in [3.8, 4) is 0 Å². The van der Waals surface area contributed by atoms with Crippen molar-refractivity contribution in [1.29, 1.82) is 0 Å². The van der Waals surface area contributed by atoms with E-state index in [1.807, 2.05) is 0 Å². The summed E-state index contributed by atoms with van der Waals surface area (Å²) in [5, 5.41) is 3.43. The van der Waals surface area contributed by atoms with Crippen molar-refractivity contribution in [1.82, 2.24) is 0 Å². The molecule has 0 amide bonds. The number of rotatable bonds is 1. The molecule has 1 aliphatic heterocycles. The largest absolute Gasteiger partial charge is 0.385 e. The maximum atomic E-state index is 3.43. The average molecular weight is 161 g/mol. The number of hydrogen-bond acceptors (Lipinski definition) is 1. The van der Waals surface area contributed by atoms with E-state index in [1.165, 1.54) is 24.1 Å². The molecule has 2 rings (SSSR count). The zero-order valence-corrected chi connectivity index (χ0v) is 7.51. The lowest BCUT2D eigenvalue weighted by Crippen LogP contribution is -2.15. The van der Waals surface area contributed by atoms with Gasteiger partial charge in [0.2, 0.25) is 0 Å². The highest BCUT2D eigenvalue weighted by Crippen LogP contribution is 2.32. The number of hydrogen-bond donors (Lipinski definition) is 1. The molecule has 0 spiro atoms. The van der Waals surface area contributed by atoms with Crippen LogP contribution >= 0.6 is 0 Å². The molecule has 0 aliphatic carbocycles. The molecule has 0 fully saturated rings. The Labute approximate surface area is 73.8 Å². The summed E-state index contributed by atoms with van der Waals surface area (Å²) in [5.74, 6) is 0.780. The lowest BCUT2D eigenvalue weighted by Gasteiger charge is -2.25. The minimum Gasteiger partial charge on any atom is -0.385 e. The van der Waals surface area contributed by atoms with E-state index < -0.39 is 0 Å². The second-order valence-electron chi connectivity index (χ2n) is 3.41. The van der Waals surface area contributed by atoms with Crippen molar-refractivity contribution < 1.29 is 0 Å². The standard InChI is InChI=1S/C11H15N/c1-2-9-7-8-12-11-6-4-3-5-10(9)11/h3-6,9,12H,2,7-8H2,1H3/t9-/m1/s1. The summed E-state index contributed by atoms with van der Waals surface area (Å²) in [4.78, 5) is 0. The fraction of sp³-hybridized carbons (Fsp3) is 0.455. The maximum absolute atomic E-state index is 3.43. The predicted molar refractivity (Wildman–Crippen MR) is 52.6 cm³/mol. The molecular formula is C11H15N. The van der Waals surface area contributed by atoms with E-state index in [1.54, 1.807) is 0 Å².